The van der Waals surface area contributed by atoms with Crippen LogP contribution in [-0.4, -0.2) is 16.4 Å². The van der Waals surface area contributed by atoms with E-state index in [1.54, 1.807) is 0 Å². The number of halogens is 2. The molecule has 23 heavy (non-hydrogen) atoms. The minimum atomic E-state index is -2.13. The highest BCUT2D eigenvalue weighted by molar-refractivity contribution is 5.90. The van der Waals surface area contributed by atoms with Crippen LogP contribution in [0.5, 0.6) is 0 Å². The van der Waals surface area contributed by atoms with E-state index in [2.05, 4.69) is 4.99 Å². The number of nitriles is 1. The number of non-ortho nitro benzene ring substituents is 1. The van der Waals surface area contributed by atoms with Crippen LogP contribution in [0.4, 0.5) is 14.5 Å². The van der Waals surface area contributed by atoms with Crippen LogP contribution in [0.15, 0.2) is 23.2 Å². The quantitative estimate of drug-likeness (QED) is 0.667. The molecule has 2 N–H and O–H groups in total. The van der Waals surface area contributed by atoms with E-state index < -0.39 is 27.4 Å². The van der Waals surface area contributed by atoms with Crippen molar-refractivity contribution in [3.63, 3.8) is 0 Å². The molecule has 0 amide bonds. The predicted octanol–water partition coefficient (Wildman–Crippen LogP) is 2.97. The molecule has 6 nitrogen and oxygen atoms in total. The number of nitrogens with two attached hydrogens (primary N) is 1. The summed E-state index contributed by atoms with van der Waals surface area (Å²) in [5.74, 6) is -0.942. The van der Waals surface area contributed by atoms with E-state index in [4.69, 9.17) is 5.73 Å². The second-order valence-corrected chi connectivity index (χ2v) is 6.31. The smallest absolute Gasteiger partial charge is 0.270 e. The van der Waals surface area contributed by atoms with Crippen LogP contribution in [0.25, 0.3) is 0 Å². The summed E-state index contributed by atoms with van der Waals surface area (Å²) in [4.78, 5) is 14.3. The van der Waals surface area contributed by atoms with Crippen molar-refractivity contribution in [3.8, 4) is 6.07 Å². The van der Waals surface area contributed by atoms with Crippen LogP contribution in [0, 0.1) is 32.7 Å². The summed E-state index contributed by atoms with van der Waals surface area (Å²) >= 11 is 0. The highest BCUT2D eigenvalue weighted by Gasteiger charge is 2.56. The Balaban J connectivity index is 2.73. The van der Waals surface area contributed by atoms with Gasteiger partial charge in [-0.25, -0.2) is 8.78 Å². The molecule has 1 unspecified atom stereocenters. The molecule has 0 aromatic heterocycles. The lowest BCUT2D eigenvalue weighted by Gasteiger charge is -2.45. The zero-order valence-electron chi connectivity index (χ0n) is 12.9. The van der Waals surface area contributed by atoms with Gasteiger partial charge in [0.1, 0.15) is 28.3 Å². The average Bonchev–Trinajstić information content (AvgIpc) is 2.45. The molecule has 0 aliphatic carbocycles. The Morgan fingerprint density at radius 2 is 2.04 bits per heavy atom. The number of alkyl halides is 1. The predicted molar refractivity (Wildman–Crippen MR) is 79.9 cm³/mol. The van der Waals surface area contributed by atoms with Crippen LogP contribution in [0.1, 0.15) is 32.8 Å². The highest BCUT2D eigenvalue weighted by atomic mass is 19.1. The van der Waals surface area contributed by atoms with Crippen molar-refractivity contribution in [2.75, 3.05) is 0 Å². The lowest BCUT2D eigenvalue weighted by atomic mass is 9.66. The molecular weight excluding hydrogens is 306 g/mol. The molecule has 1 aromatic rings. The van der Waals surface area contributed by atoms with Crippen LogP contribution < -0.4 is 5.73 Å². The van der Waals surface area contributed by atoms with Gasteiger partial charge in [0, 0.05) is 24.1 Å². The second-order valence-electron chi connectivity index (χ2n) is 6.31. The van der Waals surface area contributed by atoms with Gasteiger partial charge in [-0.05, 0) is 26.8 Å². The van der Waals surface area contributed by atoms with Gasteiger partial charge in [-0.3, -0.25) is 15.1 Å². The number of amidine groups is 1. The van der Waals surface area contributed by atoms with Gasteiger partial charge in [-0.1, -0.05) is 0 Å². The van der Waals surface area contributed by atoms with Crippen LogP contribution in [0.3, 0.4) is 0 Å². The lowest BCUT2D eigenvalue weighted by molar-refractivity contribution is -0.385. The number of aliphatic imine (C=N–C) groups is 1. The highest BCUT2D eigenvalue weighted by Crippen LogP contribution is 2.50. The summed E-state index contributed by atoms with van der Waals surface area (Å²) in [5, 5.41) is 20.1. The molecule has 3 atom stereocenters. The molecule has 2 rings (SSSR count). The van der Waals surface area contributed by atoms with E-state index in [1.807, 2.05) is 6.07 Å². The fourth-order valence-corrected chi connectivity index (χ4v) is 2.85. The molecule has 8 heteroatoms. The van der Waals surface area contributed by atoms with Gasteiger partial charge >= 0.3 is 0 Å². The molecular formula is C15H16F2N4O2. The van der Waals surface area contributed by atoms with Crippen LogP contribution in [-0.2, 0) is 5.54 Å². The monoisotopic (exact) mass is 322 g/mol. The van der Waals surface area contributed by atoms with Crippen molar-refractivity contribution >= 4 is 11.5 Å². The van der Waals surface area contributed by atoms with Gasteiger partial charge in [0.05, 0.1) is 11.0 Å². The van der Waals surface area contributed by atoms with Crippen molar-refractivity contribution in [1.82, 2.24) is 0 Å². The Kier molecular flexibility index (Phi) is 3.64. The Bertz CT molecular complexity index is 756. The van der Waals surface area contributed by atoms with E-state index in [0.717, 1.165) is 18.2 Å². The second kappa shape index (κ2) is 4.98. The average molecular weight is 322 g/mol. The molecule has 1 aromatic carbocycles. The molecule has 0 radical (unpaired) electrons. The Hall–Kier alpha value is -2.56. The Labute approximate surface area is 131 Å². The van der Waals surface area contributed by atoms with Gasteiger partial charge in [0.25, 0.3) is 5.69 Å². The zero-order chi connectivity index (χ0) is 17.6. The van der Waals surface area contributed by atoms with Crippen molar-refractivity contribution in [2.45, 2.75) is 38.4 Å². The first-order valence-electron chi connectivity index (χ1n) is 6.87. The van der Waals surface area contributed by atoms with E-state index in [9.17, 15) is 19.8 Å². The maximum atomic E-state index is 15.3. The summed E-state index contributed by atoms with van der Waals surface area (Å²) in [6.07, 6.45) is -0.301. The van der Waals surface area contributed by atoms with Crippen molar-refractivity contribution in [3.05, 3.63) is 39.7 Å². The van der Waals surface area contributed by atoms with Gasteiger partial charge in [0.15, 0.2) is 0 Å². The fourth-order valence-electron chi connectivity index (χ4n) is 2.85. The van der Waals surface area contributed by atoms with Crippen LogP contribution in [0.2, 0.25) is 0 Å². The molecule has 1 heterocycles. The SMILES string of the molecule is CC1(C#N)C[C@](C)(F)[C@@](C)(c2cc([N+](=O)[O-])ccc2F)N=C1N. The number of rotatable bonds is 2. The Morgan fingerprint density at radius 1 is 1.43 bits per heavy atom. The Morgan fingerprint density at radius 3 is 2.57 bits per heavy atom. The first-order chi connectivity index (χ1) is 10.5. The van der Waals surface area contributed by atoms with Gasteiger partial charge in [0.2, 0.25) is 0 Å². The van der Waals surface area contributed by atoms with E-state index in [0.29, 0.717) is 0 Å². The number of hydrogen-bond donors (Lipinski definition) is 1. The minimum absolute atomic E-state index is 0.122. The third-order valence-electron chi connectivity index (χ3n) is 4.54. The standard InChI is InChI=1S/C15H16F2N4O2/c1-13(8-18)7-14(2,17)15(3,20-12(13)19)10-6-9(21(22)23)4-5-11(10)16/h4-6H,7H2,1-3H3,(H2,19,20)/t13?,14-,15+/m0/s1. The summed E-state index contributed by atoms with van der Waals surface area (Å²) in [5.41, 5.74) is -0.0503. The van der Waals surface area contributed by atoms with Crippen molar-refractivity contribution in [1.29, 1.82) is 5.26 Å². The topological polar surface area (TPSA) is 105 Å². The summed E-state index contributed by atoms with van der Waals surface area (Å²) in [6, 6.07) is 4.77. The molecule has 0 bridgehead atoms. The van der Waals surface area contributed by atoms with E-state index >= 15 is 4.39 Å². The van der Waals surface area contributed by atoms with Crippen molar-refractivity contribution < 1.29 is 13.7 Å². The molecule has 0 spiro atoms. The summed E-state index contributed by atoms with van der Waals surface area (Å²) in [7, 11) is 0. The number of nitrogens with zero attached hydrogens (tertiary/aromatic N) is 3. The number of nitro benzene ring substituents is 1. The van der Waals surface area contributed by atoms with Gasteiger partial charge in [-0.15, -0.1) is 0 Å². The molecule has 1 aliphatic rings. The third kappa shape index (κ3) is 2.42. The molecule has 1 aliphatic heterocycles. The summed E-state index contributed by atoms with van der Waals surface area (Å²) in [6.45, 7) is 3.96. The largest absolute Gasteiger partial charge is 0.386 e. The van der Waals surface area contributed by atoms with Gasteiger partial charge in [-0.2, -0.15) is 5.26 Å². The van der Waals surface area contributed by atoms with Gasteiger partial charge < -0.3 is 5.73 Å². The lowest BCUT2D eigenvalue weighted by Crippen LogP contribution is -2.55. The third-order valence-corrected chi connectivity index (χ3v) is 4.54. The molecule has 0 saturated carbocycles. The number of nitro groups is 1. The molecule has 122 valence electrons. The van der Waals surface area contributed by atoms with E-state index in [1.165, 1.54) is 20.8 Å². The number of benzene rings is 1. The van der Waals surface area contributed by atoms with Crippen molar-refractivity contribution in [2.24, 2.45) is 16.1 Å². The summed E-state index contributed by atoms with van der Waals surface area (Å²) < 4.78 is 29.6. The normalized spacial score (nSPS) is 33.7. The number of hydrogen-bond acceptors (Lipinski definition) is 5. The molecule has 0 fully saturated rings. The first-order valence-corrected chi connectivity index (χ1v) is 6.87. The van der Waals surface area contributed by atoms with Crippen LogP contribution >= 0.6 is 0 Å². The first kappa shape index (κ1) is 16.8. The molecule has 0 saturated heterocycles. The maximum absolute atomic E-state index is 15.3. The van der Waals surface area contributed by atoms with E-state index in [-0.39, 0.29) is 23.5 Å². The maximum Gasteiger partial charge on any atom is 0.270 e. The fraction of sp³-hybridized carbons (Fsp3) is 0.467. The zero-order valence-corrected chi connectivity index (χ0v) is 12.9. The minimum Gasteiger partial charge on any atom is -0.386 e.